The van der Waals surface area contributed by atoms with Crippen LogP contribution in [0.15, 0.2) is 24.3 Å². The van der Waals surface area contributed by atoms with Gasteiger partial charge in [0, 0.05) is 11.1 Å². The normalized spacial score (nSPS) is 14.4. The van der Waals surface area contributed by atoms with E-state index >= 15 is 0 Å². The fourth-order valence-corrected chi connectivity index (χ4v) is 3.90. The van der Waals surface area contributed by atoms with Crippen molar-refractivity contribution in [3.05, 3.63) is 52.1 Å². The Morgan fingerprint density at radius 2 is 1.35 bits per heavy atom. The van der Waals surface area contributed by atoms with Gasteiger partial charge in [0.25, 0.3) is 0 Å². The molecule has 26 heavy (non-hydrogen) atoms. The van der Waals surface area contributed by atoms with Crippen molar-refractivity contribution >= 4 is 5.97 Å². The minimum absolute atomic E-state index is 0.0341. The topological polar surface area (TPSA) is 26.3 Å². The standard InChI is InChI=1S/C24H30O2/c1-14-9-15(2)11-16(10-14)21-17-12-20(25)26-22(17)19(24(6,7)8)13-18(21)23(3,4)5/h9-11,13H,12H2,1-8H3. The van der Waals surface area contributed by atoms with Gasteiger partial charge in [0.2, 0.25) is 0 Å². The highest BCUT2D eigenvalue weighted by atomic mass is 16.5. The Hall–Kier alpha value is -2.09. The molecule has 0 aromatic heterocycles. The summed E-state index contributed by atoms with van der Waals surface area (Å²) in [6.45, 7) is 17.5. The van der Waals surface area contributed by atoms with Crippen LogP contribution in [0.5, 0.6) is 5.75 Å². The van der Waals surface area contributed by atoms with E-state index in [1.165, 1.54) is 27.8 Å². The van der Waals surface area contributed by atoms with Crippen molar-refractivity contribution in [2.45, 2.75) is 72.6 Å². The van der Waals surface area contributed by atoms with Crippen molar-refractivity contribution < 1.29 is 9.53 Å². The molecule has 1 aliphatic rings. The van der Waals surface area contributed by atoms with Gasteiger partial charge in [-0.1, -0.05) is 76.9 Å². The van der Waals surface area contributed by atoms with Crippen LogP contribution in [0.3, 0.4) is 0 Å². The molecule has 0 amide bonds. The third kappa shape index (κ3) is 3.30. The predicted octanol–water partition coefficient (Wildman–Crippen LogP) is 6.03. The van der Waals surface area contributed by atoms with Crippen LogP contribution < -0.4 is 4.74 Å². The second-order valence-corrected chi connectivity index (χ2v) is 9.68. The Labute approximate surface area is 157 Å². The van der Waals surface area contributed by atoms with E-state index in [2.05, 4.69) is 79.7 Å². The van der Waals surface area contributed by atoms with Crippen molar-refractivity contribution in [1.82, 2.24) is 0 Å². The van der Waals surface area contributed by atoms with Crippen LogP contribution in [0.2, 0.25) is 0 Å². The van der Waals surface area contributed by atoms with Crippen molar-refractivity contribution in [3.63, 3.8) is 0 Å². The quantitative estimate of drug-likeness (QED) is 0.464. The Balaban J connectivity index is 2.44. The molecular formula is C24H30O2. The molecule has 0 saturated carbocycles. The van der Waals surface area contributed by atoms with Crippen molar-refractivity contribution in [2.24, 2.45) is 0 Å². The summed E-state index contributed by atoms with van der Waals surface area (Å²) < 4.78 is 5.72. The highest BCUT2D eigenvalue weighted by Gasteiger charge is 2.35. The van der Waals surface area contributed by atoms with Crippen LogP contribution in [0.1, 0.15) is 69.4 Å². The number of fused-ring (bicyclic) bond motifs is 1. The molecule has 0 bridgehead atoms. The maximum Gasteiger partial charge on any atom is 0.315 e. The summed E-state index contributed by atoms with van der Waals surface area (Å²) in [5.41, 5.74) is 8.17. The summed E-state index contributed by atoms with van der Waals surface area (Å²) >= 11 is 0. The first-order valence-electron chi connectivity index (χ1n) is 9.38. The van der Waals surface area contributed by atoms with E-state index in [-0.39, 0.29) is 16.8 Å². The van der Waals surface area contributed by atoms with E-state index in [9.17, 15) is 4.79 Å². The monoisotopic (exact) mass is 350 g/mol. The summed E-state index contributed by atoms with van der Waals surface area (Å²) in [6, 6.07) is 8.89. The lowest BCUT2D eigenvalue weighted by molar-refractivity contribution is -0.131. The molecule has 0 radical (unpaired) electrons. The lowest BCUT2D eigenvalue weighted by Gasteiger charge is -2.30. The van der Waals surface area contributed by atoms with Gasteiger partial charge in [-0.3, -0.25) is 4.79 Å². The average Bonchev–Trinajstić information content (AvgIpc) is 2.82. The van der Waals surface area contributed by atoms with Crippen LogP contribution in [0.25, 0.3) is 11.1 Å². The van der Waals surface area contributed by atoms with Crippen molar-refractivity contribution in [2.75, 3.05) is 0 Å². The summed E-state index contributed by atoms with van der Waals surface area (Å²) in [4.78, 5) is 12.2. The molecule has 0 N–H and O–H groups in total. The van der Waals surface area contributed by atoms with Crippen LogP contribution in [-0.4, -0.2) is 5.97 Å². The molecule has 0 unspecified atom stereocenters. The van der Waals surface area contributed by atoms with E-state index in [1.54, 1.807) is 0 Å². The average molecular weight is 351 g/mol. The van der Waals surface area contributed by atoms with Gasteiger partial charge < -0.3 is 4.74 Å². The third-order valence-electron chi connectivity index (χ3n) is 5.04. The zero-order valence-electron chi connectivity index (χ0n) is 17.3. The smallest absolute Gasteiger partial charge is 0.315 e. The number of hydrogen-bond acceptors (Lipinski definition) is 2. The fourth-order valence-electron chi connectivity index (χ4n) is 3.90. The van der Waals surface area contributed by atoms with E-state index in [0.717, 1.165) is 16.9 Å². The second kappa shape index (κ2) is 5.97. The van der Waals surface area contributed by atoms with Gasteiger partial charge in [-0.15, -0.1) is 0 Å². The molecule has 2 aromatic carbocycles. The Morgan fingerprint density at radius 1 is 0.808 bits per heavy atom. The molecule has 0 fully saturated rings. The Morgan fingerprint density at radius 3 is 1.85 bits per heavy atom. The van der Waals surface area contributed by atoms with Gasteiger partial charge in [0.05, 0.1) is 6.42 Å². The largest absolute Gasteiger partial charge is 0.426 e. The van der Waals surface area contributed by atoms with Crippen molar-refractivity contribution in [3.8, 4) is 16.9 Å². The predicted molar refractivity (Wildman–Crippen MR) is 108 cm³/mol. The molecule has 3 rings (SSSR count). The highest BCUT2D eigenvalue weighted by molar-refractivity contribution is 5.89. The van der Waals surface area contributed by atoms with Crippen LogP contribution in [0, 0.1) is 13.8 Å². The number of carbonyl (C=O) groups excluding carboxylic acids is 1. The number of benzene rings is 2. The van der Waals surface area contributed by atoms with E-state index < -0.39 is 0 Å². The van der Waals surface area contributed by atoms with Gasteiger partial charge in [0.1, 0.15) is 5.75 Å². The zero-order valence-corrected chi connectivity index (χ0v) is 17.3. The zero-order chi connectivity index (χ0) is 19.4. The lowest BCUT2D eigenvalue weighted by Crippen LogP contribution is -2.19. The highest BCUT2D eigenvalue weighted by Crippen LogP contribution is 2.47. The molecule has 138 valence electrons. The maximum absolute atomic E-state index is 12.2. The molecule has 2 heteroatoms. The van der Waals surface area contributed by atoms with Gasteiger partial charge in [-0.2, -0.15) is 0 Å². The molecule has 1 heterocycles. The Kier molecular flexibility index (Phi) is 4.29. The Bertz CT molecular complexity index is 870. The summed E-state index contributed by atoms with van der Waals surface area (Å²) in [7, 11) is 0. The number of hydrogen-bond donors (Lipinski definition) is 0. The number of carbonyl (C=O) groups is 1. The van der Waals surface area contributed by atoms with Gasteiger partial charge in [-0.25, -0.2) is 0 Å². The number of ether oxygens (including phenoxy) is 1. The first-order valence-corrected chi connectivity index (χ1v) is 9.38. The summed E-state index contributed by atoms with van der Waals surface area (Å²) in [6.07, 6.45) is 0.352. The second-order valence-electron chi connectivity index (χ2n) is 9.68. The third-order valence-corrected chi connectivity index (χ3v) is 5.04. The molecular weight excluding hydrogens is 320 g/mol. The molecule has 2 aromatic rings. The molecule has 0 aliphatic carbocycles. The fraction of sp³-hybridized carbons (Fsp3) is 0.458. The number of rotatable bonds is 1. The molecule has 2 nitrogen and oxygen atoms in total. The van der Waals surface area contributed by atoms with Crippen LogP contribution >= 0.6 is 0 Å². The lowest BCUT2D eigenvalue weighted by atomic mass is 9.74. The maximum atomic E-state index is 12.2. The number of aryl methyl sites for hydroxylation is 2. The first kappa shape index (κ1) is 18.7. The van der Waals surface area contributed by atoms with Gasteiger partial charge >= 0.3 is 5.97 Å². The van der Waals surface area contributed by atoms with Gasteiger partial charge in [0.15, 0.2) is 0 Å². The van der Waals surface area contributed by atoms with Crippen molar-refractivity contribution in [1.29, 1.82) is 0 Å². The SMILES string of the molecule is Cc1cc(C)cc(-c2c(C(C)(C)C)cc(C(C)(C)C)c3c2CC(=O)O3)c1. The minimum atomic E-state index is -0.151. The van der Waals surface area contributed by atoms with E-state index in [1.807, 2.05) is 0 Å². The van der Waals surface area contributed by atoms with Gasteiger partial charge in [-0.05, 0) is 41.4 Å². The van der Waals surface area contributed by atoms with E-state index in [4.69, 9.17) is 4.74 Å². The number of esters is 1. The van der Waals surface area contributed by atoms with E-state index in [0.29, 0.717) is 6.42 Å². The molecule has 0 saturated heterocycles. The molecule has 0 atom stereocenters. The van der Waals surface area contributed by atoms with Crippen LogP contribution in [0.4, 0.5) is 0 Å². The molecule has 0 spiro atoms. The summed E-state index contributed by atoms with van der Waals surface area (Å²) in [5.74, 6) is 0.631. The van der Waals surface area contributed by atoms with Crippen LogP contribution in [-0.2, 0) is 22.0 Å². The minimum Gasteiger partial charge on any atom is -0.426 e. The molecule has 1 aliphatic heterocycles. The summed E-state index contributed by atoms with van der Waals surface area (Å²) in [5, 5.41) is 0. The first-order chi connectivity index (χ1) is 11.9.